The van der Waals surface area contributed by atoms with Gasteiger partial charge in [0.1, 0.15) is 5.82 Å². The molecule has 3 aromatic rings. The van der Waals surface area contributed by atoms with E-state index in [1.807, 2.05) is 34.9 Å². The molecule has 0 atom stereocenters. The minimum Gasteiger partial charge on any atom is -0.325 e. The van der Waals surface area contributed by atoms with E-state index in [0.29, 0.717) is 18.2 Å². The van der Waals surface area contributed by atoms with E-state index in [1.54, 1.807) is 0 Å². The van der Waals surface area contributed by atoms with Crippen molar-refractivity contribution in [1.82, 2.24) is 19.7 Å². The highest BCUT2D eigenvalue weighted by Crippen LogP contribution is 2.30. The fourth-order valence-electron chi connectivity index (χ4n) is 3.89. The SMILES string of the molecule is O=C(CSc1nnc(CN2CCCCC2)n1Cc1ccccc1)Nc1cccc(C(F)(F)F)c1. The van der Waals surface area contributed by atoms with Gasteiger partial charge in [0.05, 0.1) is 24.4 Å². The van der Waals surface area contributed by atoms with Crippen molar-refractivity contribution in [2.75, 3.05) is 24.2 Å². The van der Waals surface area contributed by atoms with E-state index in [1.165, 1.54) is 43.2 Å². The van der Waals surface area contributed by atoms with Crippen molar-refractivity contribution in [2.45, 2.75) is 43.7 Å². The summed E-state index contributed by atoms with van der Waals surface area (Å²) in [6.45, 7) is 3.32. The third kappa shape index (κ3) is 6.60. The van der Waals surface area contributed by atoms with Crippen molar-refractivity contribution in [3.05, 3.63) is 71.5 Å². The van der Waals surface area contributed by atoms with Gasteiger partial charge in [-0.2, -0.15) is 13.2 Å². The summed E-state index contributed by atoms with van der Waals surface area (Å²) >= 11 is 1.22. The molecule has 0 radical (unpaired) electrons. The van der Waals surface area contributed by atoms with E-state index in [0.717, 1.165) is 36.6 Å². The molecule has 4 rings (SSSR count). The number of nitrogens with zero attached hydrogens (tertiary/aromatic N) is 4. The fourth-order valence-corrected chi connectivity index (χ4v) is 4.64. The molecule has 34 heavy (non-hydrogen) atoms. The molecule has 0 unspecified atom stereocenters. The zero-order valence-corrected chi connectivity index (χ0v) is 19.4. The van der Waals surface area contributed by atoms with Crippen LogP contribution in [0.3, 0.4) is 0 Å². The molecule has 180 valence electrons. The largest absolute Gasteiger partial charge is 0.416 e. The highest BCUT2D eigenvalue weighted by Gasteiger charge is 2.30. The zero-order valence-electron chi connectivity index (χ0n) is 18.6. The number of benzene rings is 2. The lowest BCUT2D eigenvalue weighted by atomic mass is 10.1. The average Bonchev–Trinajstić information content (AvgIpc) is 3.19. The van der Waals surface area contributed by atoms with Gasteiger partial charge < -0.3 is 9.88 Å². The Kier molecular flexibility index (Phi) is 7.89. The Hall–Kier alpha value is -2.85. The van der Waals surface area contributed by atoms with Crippen molar-refractivity contribution in [3.63, 3.8) is 0 Å². The number of piperidine rings is 1. The lowest BCUT2D eigenvalue weighted by Gasteiger charge is -2.26. The maximum atomic E-state index is 12.9. The second kappa shape index (κ2) is 11.1. The monoisotopic (exact) mass is 489 g/mol. The van der Waals surface area contributed by atoms with E-state index in [-0.39, 0.29) is 11.4 Å². The number of hydrogen-bond donors (Lipinski definition) is 1. The third-order valence-electron chi connectivity index (χ3n) is 5.60. The maximum absolute atomic E-state index is 12.9. The maximum Gasteiger partial charge on any atom is 0.416 e. The van der Waals surface area contributed by atoms with Crippen LogP contribution in [-0.4, -0.2) is 44.4 Å². The van der Waals surface area contributed by atoms with Crippen LogP contribution in [0.4, 0.5) is 18.9 Å². The van der Waals surface area contributed by atoms with E-state index in [4.69, 9.17) is 0 Å². The third-order valence-corrected chi connectivity index (χ3v) is 6.56. The molecular formula is C24H26F3N5OS. The molecular weight excluding hydrogens is 463 g/mol. The summed E-state index contributed by atoms with van der Waals surface area (Å²) in [5.41, 5.74) is 0.400. The van der Waals surface area contributed by atoms with E-state index >= 15 is 0 Å². The lowest BCUT2D eigenvalue weighted by molar-refractivity contribution is -0.137. The van der Waals surface area contributed by atoms with Crippen LogP contribution in [0.5, 0.6) is 0 Å². The van der Waals surface area contributed by atoms with Crippen molar-refractivity contribution in [3.8, 4) is 0 Å². The van der Waals surface area contributed by atoms with E-state index in [9.17, 15) is 18.0 Å². The minimum absolute atomic E-state index is 0.00683. The van der Waals surface area contributed by atoms with Gasteiger partial charge in [0, 0.05) is 5.69 Å². The van der Waals surface area contributed by atoms with Gasteiger partial charge in [-0.1, -0.05) is 54.6 Å². The van der Waals surface area contributed by atoms with Crippen LogP contribution in [0.2, 0.25) is 0 Å². The van der Waals surface area contributed by atoms with Crippen LogP contribution in [-0.2, 0) is 24.1 Å². The Morgan fingerprint density at radius 1 is 0.971 bits per heavy atom. The minimum atomic E-state index is -4.46. The number of alkyl halides is 3. The smallest absolute Gasteiger partial charge is 0.325 e. The van der Waals surface area contributed by atoms with Crippen LogP contribution in [0.15, 0.2) is 59.8 Å². The number of likely N-dealkylation sites (tertiary alicyclic amines) is 1. The Bertz CT molecular complexity index is 1100. The first-order chi connectivity index (χ1) is 16.4. The Morgan fingerprint density at radius 2 is 1.74 bits per heavy atom. The van der Waals surface area contributed by atoms with Crippen LogP contribution in [0, 0.1) is 0 Å². The predicted molar refractivity (Wildman–Crippen MR) is 125 cm³/mol. The molecule has 0 bridgehead atoms. The molecule has 6 nitrogen and oxygen atoms in total. The van der Waals surface area contributed by atoms with Gasteiger partial charge >= 0.3 is 6.18 Å². The number of hydrogen-bond acceptors (Lipinski definition) is 5. The molecule has 1 aliphatic rings. The highest BCUT2D eigenvalue weighted by atomic mass is 32.2. The molecule has 0 spiro atoms. The van der Waals surface area contributed by atoms with Crippen molar-refractivity contribution in [1.29, 1.82) is 0 Å². The van der Waals surface area contributed by atoms with Crippen LogP contribution >= 0.6 is 11.8 Å². The summed E-state index contributed by atoms with van der Waals surface area (Å²) < 4.78 is 40.8. The van der Waals surface area contributed by atoms with Crippen LogP contribution < -0.4 is 5.32 Å². The summed E-state index contributed by atoms with van der Waals surface area (Å²) in [6.07, 6.45) is -0.877. The summed E-state index contributed by atoms with van der Waals surface area (Å²) in [7, 11) is 0. The Balaban J connectivity index is 1.44. The van der Waals surface area contributed by atoms with Crippen molar-refractivity contribution < 1.29 is 18.0 Å². The number of halogens is 3. The normalized spacial score (nSPS) is 14.8. The molecule has 0 saturated carbocycles. The summed E-state index contributed by atoms with van der Waals surface area (Å²) in [5.74, 6) is 0.440. The molecule has 0 aliphatic carbocycles. The number of nitrogens with one attached hydrogen (secondary N) is 1. The quantitative estimate of drug-likeness (QED) is 0.448. The first kappa shape index (κ1) is 24.3. The van der Waals surface area contributed by atoms with E-state index < -0.39 is 17.6 Å². The fraction of sp³-hybridized carbons (Fsp3) is 0.375. The first-order valence-corrected chi connectivity index (χ1v) is 12.2. The molecule has 2 aromatic carbocycles. The standard InChI is InChI=1S/C24H26F3N5OS/c25-24(26,27)19-10-7-11-20(14-19)28-22(33)17-34-23-30-29-21(16-31-12-5-2-6-13-31)32(23)15-18-8-3-1-4-9-18/h1,3-4,7-11,14H,2,5-6,12-13,15-17H2,(H,28,33). The number of aromatic nitrogens is 3. The Labute approximate surface area is 200 Å². The van der Waals surface area contributed by atoms with Gasteiger partial charge in [-0.3, -0.25) is 9.69 Å². The van der Waals surface area contributed by atoms with Gasteiger partial charge in [0.25, 0.3) is 0 Å². The molecule has 1 fully saturated rings. The first-order valence-electron chi connectivity index (χ1n) is 11.2. The van der Waals surface area contributed by atoms with Gasteiger partial charge in [0.2, 0.25) is 5.91 Å². The number of carbonyl (C=O) groups excluding carboxylic acids is 1. The van der Waals surface area contributed by atoms with Crippen LogP contribution in [0.25, 0.3) is 0 Å². The molecule has 10 heteroatoms. The number of carbonyl (C=O) groups is 1. The number of rotatable bonds is 8. The summed E-state index contributed by atoms with van der Waals surface area (Å²) in [4.78, 5) is 14.8. The highest BCUT2D eigenvalue weighted by molar-refractivity contribution is 7.99. The molecule has 1 aliphatic heterocycles. The number of thioether (sulfide) groups is 1. The summed E-state index contributed by atoms with van der Waals surface area (Å²) in [5, 5.41) is 11.9. The second-order valence-electron chi connectivity index (χ2n) is 8.22. The number of amides is 1. The average molecular weight is 490 g/mol. The van der Waals surface area contributed by atoms with Crippen molar-refractivity contribution >= 4 is 23.4 Å². The molecule has 1 amide bonds. The van der Waals surface area contributed by atoms with Gasteiger partial charge in [-0.25, -0.2) is 0 Å². The predicted octanol–water partition coefficient (Wildman–Crippen LogP) is 5.06. The second-order valence-corrected chi connectivity index (χ2v) is 9.17. The molecule has 1 saturated heterocycles. The van der Waals surface area contributed by atoms with Gasteiger partial charge in [-0.05, 0) is 49.7 Å². The number of anilines is 1. The molecule has 1 aromatic heterocycles. The van der Waals surface area contributed by atoms with Gasteiger partial charge in [-0.15, -0.1) is 10.2 Å². The summed E-state index contributed by atoms with van der Waals surface area (Å²) in [6, 6.07) is 14.6. The molecule has 1 N–H and O–H groups in total. The van der Waals surface area contributed by atoms with Gasteiger partial charge in [0.15, 0.2) is 5.16 Å². The Morgan fingerprint density at radius 3 is 2.47 bits per heavy atom. The lowest BCUT2D eigenvalue weighted by Crippen LogP contribution is -2.30. The zero-order chi connectivity index (χ0) is 24.0. The molecule has 2 heterocycles. The van der Waals surface area contributed by atoms with Crippen molar-refractivity contribution in [2.24, 2.45) is 0 Å². The van der Waals surface area contributed by atoms with Crippen LogP contribution in [0.1, 0.15) is 36.2 Å². The van der Waals surface area contributed by atoms with E-state index in [2.05, 4.69) is 20.4 Å². The topological polar surface area (TPSA) is 63.1 Å².